The van der Waals surface area contributed by atoms with Gasteiger partial charge in [-0.3, -0.25) is 19.2 Å². The molecule has 2 aromatic carbocycles. The summed E-state index contributed by atoms with van der Waals surface area (Å²) in [5.41, 5.74) is 5.38. The Kier molecular flexibility index (Phi) is 50.6. The minimum Gasteiger partial charge on any atom is -0.465 e. The van der Waals surface area contributed by atoms with E-state index in [-0.39, 0.29) is 57.5 Å². The van der Waals surface area contributed by atoms with Crippen molar-refractivity contribution in [2.75, 3.05) is 72.5 Å². The normalized spacial score (nSPS) is 11.1. The van der Waals surface area contributed by atoms with E-state index in [0.717, 1.165) is 64.6 Å². The maximum atomic E-state index is 11.8. The monoisotopic (exact) mass is 1160 g/mol. The second-order valence-electron chi connectivity index (χ2n) is 14.7. The molecule has 0 saturated heterocycles. The fourth-order valence-electron chi connectivity index (χ4n) is 4.36. The van der Waals surface area contributed by atoms with Crippen LogP contribution >= 0.6 is 164 Å². The van der Waals surface area contributed by atoms with Crippen LogP contribution in [0.1, 0.15) is 87.1 Å². The predicted octanol–water partition coefficient (Wildman–Crippen LogP) is 10.9. The van der Waals surface area contributed by atoms with Crippen LogP contribution in [0.15, 0.2) is 42.5 Å². The van der Waals surface area contributed by atoms with Crippen molar-refractivity contribution in [1.82, 2.24) is 0 Å². The molecule has 0 amide bonds. The van der Waals surface area contributed by atoms with Crippen LogP contribution in [0.2, 0.25) is 0 Å². The van der Waals surface area contributed by atoms with Crippen molar-refractivity contribution in [3.63, 3.8) is 0 Å². The highest BCUT2D eigenvalue weighted by Crippen LogP contribution is 2.24. The van der Waals surface area contributed by atoms with E-state index in [1.54, 1.807) is 0 Å². The van der Waals surface area contributed by atoms with Crippen LogP contribution in [0.25, 0.3) is 0 Å². The molecule has 0 heterocycles. The van der Waals surface area contributed by atoms with Crippen LogP contribution in [-0.2, 0) is 67.6 Å². The standard InChI is InChI=1S/C18H30O8S3.C10H14S2.C8H10S2.C5H12S4.C4H10S2/c1-2-3-14(19)23-10-18(11-24-15(20)4-7-27,12-25-16(21)5-8-28)13-26-17(22)6-9-29;1-2-8-3-9(6-11)5-10(4-8)7-12;9-5-7-1-2-8(6-10)4-3-7;6-1-5(2-7,3-8)4-9;1-2-4(6)3-5/h27-29H,2-13H2,1H3;3-5,11-12H,2,6-7H2,1H3;1-4,9-10H,5-6H2;6-9H,1-4H2;4-6H,2-3H2,1H3. The van der Waals surface area contributed by atoms with Crippen LogP contribution in [0.5, 0.6) is 0 Å². The summed E-state index contributed by atoms with van der Waals surface area (Å²) in [4.78, 5) is 47.2. The first-order valence-electron chi connectivity index (χ1n) is 21.3. The zero-order valence-corrected chi connectivity index (χ0v) is 50.1. The molecular formula is C45H76O8S13. The molecule has 0 bridgehead atoms. The molecule has 2 aromatic rings. The number of benzene rings is 2. The van der Waals surface area contributed by atoms with Gasteiger partial charge in [0.15, 0.2) is 0 Å². The van der Waals surface area contributed by atoms with Gasteiger partial charge in [0.25, 0.3) is 0 Å². The fraction of sp³-hybridized carbons (Fsp3) is 0.644. The second-order valence-corrected chi connectivity index (χ2v) is 19.6. The van der Waals surface area contributed by atoms with Crippen molar-refractivity contribution < 1.29 is 38.1 Å². The van der Waals surface area contributed by atoms with E-state index in [9.17, 15) is 19.2 Å². The summed E-state index contributed by atoms with van der Waals surface area (Å²) < 4.78 is 21.0. The van der Waals surface area contributed by atoms with Crippen molar-refractivity contribution in [2.45, 2.75) is 94.0 Å². The first-order valence-corrected chi connectivity index (χ1v) is 29.4. The lowest BCUT2D eigenvalue weighted by molar-refractivity contribution is -0.170. The van der Waals surface area contributed by atoms with E-state index in [1.807, 2.05) is 6.92 Å². The number of esters is 4. The number of hydrogen-bond donors (Lipinski definition) is 13. The molecule has 0 aliphatic carbocycles. The van der Waals surface area contributed by atoms with E-state index >= 15 is 0 Å². The Bertz CT molecular complexity index is 1340. The number of ether oxygens (including phenoxy) is 4. The molecule has 2 rings (SSSR count). The Hall–Kier alpha value is 0.870. The highest BCUT2D eigenvalue weighted by atomic mass is 32.1. The number of rotatable bonds is 27. The molecule has 66 heavy (non-hydrogen) atoms. The second kappa shape index (κ2) is 46.9. The summed E-state index contributed by atoms with van der Waals surface area (Å²) in [7, 11) is 0. The number of carbonyl (C=O) groups excluding carboxylic acids is 4. The molecule has 0 aromatic heterocycles. The SMILES string of the molecule is CCC(S)CS.CCCC(=O)OCC(COC(=O)CCS)(COC(=O)CCS)COC(=O)CCS.CCc1cc(CS)cc(CS)c1.SCC(CS)(CS)CS.SCc1ccc(CS)cc1. The Morgan fingerprint density at radius 2 is 0.758 bits per heavy atom. The molecule has 0 spiro atoms. The van der Waals surface area contributed by atoms with Crippen molar-refractivity contribution in [1.29, 1.82) is 0 Å². The molecule has 8 nitrogen and oxygen atoms in total. The molecule has 0 aliphatic heterocycles. The molecule has 0 saturated carbocycles. The van der Waals surface area contributed by atoms with Gasteiger partial charge in [-0.15, -0.1) is 0 Å². The summed E-state index contributed by atoms with van der Waals surface area (Å²) in [6.45, 7) is 5.06. The van der Waals surface area contributed by atoms with Crippen molar-refractivity contribution in [2.24, 2.45) is 10.8 Å². The van der Waals surface area contributed by atoms with Crippen LogP contribution in [0.3, 0.4) is 0 Å². The number of thiol groups is 13. The Morgan fingerprint density at radius 3 is 0.955 bits per heavy atom. The lowest BCUT2D eigenvalue weighted by Gasteiger charge is -2.31. The Labute approximate surface area is 469 Å². The molecule has 0 radical (unpaired) electrons. The van der Waals surface area contributed by atoms with Crippen LogP contribution in [0, 0.1) is 10.8 Å². The van der Waals surface area contributed by atoms with E-state index in [4.69, 9.17) is 18.9 Å². The largest absolute Gasteiger partial charge is 0.465 e. The minimum absolute atomic E-state index is 0.0771. The predicted molar refractivity (Wildman–Crippen MR) is 324 cm³/mol. The first kappa shape index (κ1) is 71.1. The van der Waals surface area contributed by atoms with Crippen LogP contribution < -0.4 is 0 Å². The van der Waals surface area contributed by atoms with E-state index in [0.29, 0.717) is 28.9 Å². The summed E-state index contributed by atoms with van der Waals surface area (Å²) in [5.74, 6) is 6.25. The maximum Gasteiger partial charge on any atom is 0.306 e. The summed E-state index contributed by atoms with van der Waals surface area (Å²) in [5, 5.41) is 0.494. The molecular weight excluding hydrogens is 1090 g/mol. The third-order valence-electron chi connectivity index (χ3n) is 8.86. The highest BCUT2D eigenvalue weighted by Gasteiger charge is 2.38. The van der Waals surface area contributed by atoms with E-state index in [2.05, 4.69) is 220 Å². The number of aryl methyl sites for hydroxylation is 1. The maximum absolute atomic E-state index is 11.8. The minimum atomic E-state index is -1.23. The van der Waals surface area contributed by atoms with Gasteiger partial charge in [0, 0.05) is 63.1 Å². The van der Waals surface area contributed by atoms with Crippen molar-refractivity contribution in [3.05, 3.63) is 70.3 Å². The topological polar surface area (TPSA) is 105 Å². The Balaban J connectivity index is -0.000000870. The molecule has 21 heteroatoms. The average Bonchev–Trinajstić information content (AvgIpc) is 3.35. The van der Waals surface area contributed by atoms with Gasteiger partial charge in [0.05, 0.1) is 19.3 Å². The fourth-order valence-corrected chi connectivity index (χ4v) is 8.35. The molecule has 382 valence electrons. The van der Waals surface area contributed by atoms with E-state index in [1.165, 1.54) is 27.8 Å². The van der Waals surface area contributed by atoms with Gasteiger partial charge in [-0.05, 0) is 70.1 Å². The lowest BCUT2D eigenvalue weighted by Crippen LogP contribution is -2.44. The zero-order chi connectivity index (χ0) is 50.8. The van der Waals surface area contributed by atoms with Gasteiger partial charge >= 0.3 is 23.9 Å². The van der Waals surface area contributed by atoms with Gasteiger partial charge in [-0.25, -0.2) is 0 Å². The van der Waals surface area contributed by atoms with Gasteiger partial charge in [0.1, 0.15) is 31.8 Å². The smallest absolute Gasteiger partial charge is 0.306 e. The van der Waals surface area contributed by atoms with Gasteiger partial charge in [-0.1, -0.05) is 63.2 Å². The molecule has 0 N–H and O–H groups in total. The quantitative estimate of drug-likeness (QED) is 0.0244. The molecule has 1 atom stereocenters. The van der Waals surface area contributed by atoms with Gasteiger partial charge in [-0.2, -0.15) is 164 Å². The van der Waals surface area contributed by atoms with Crippen molar-refractivity contribution >= 4 is 188 Å². The van der Waals surface area contributed by atoms with Crippen LogP contribution in [0.4, 0.5) is 0 Å². The lowest BCUT2D eigenvalue weighted by atomic mass is 9.92. The van der Waals surface area contributed by atoms with E-state index < -0.39 is 29.3 Å². The van der Waals surface area contributed by atoms with Gasteiger partial charge in [0.2, 0.25) is 0 Å². The third-order valence-corrected chi connectivity index (χ3v) is 14.9. The molecule has 0 fully saturated rings. The number of carbonyl (C=O) groups is 4. The van der Waals surface area contributed by atoms with Crippen molar-refractivity contribution in [3.8, 4) is 0 Å². The average molecular weight is 1160 g/mol. The zero-order valence-electron chi connectivity index (χ0n) is 38.5. The summed E-state index contributed by atoms with van der Waals surface area (Å²) in [6, 6.07) is 14.9. The summed E-state index contributed by atoms with van der Waals surface area (Å²) in [6.07, 6.45) is 3.23. The summed E-state index contributed by atoms with van der Waals surface area (Å²) >= 11 is 53.7. The third kappa shape index (κ3) is 36.7. The molecule has 1 unspecified atom stereocenters. The molecule has 0 aliphatic rings. The number of hydrogen-bond acceptors (Lipinski definition) is 21. The first-order chi connectivity index (χ1) is 31.5. The highest BCUT2D eigenvalue weighted by molar-refractivity contribution is 7.85. The van der Waals surface area contributed by atoms with Crippen LogP contribution in [-0.4, -0.2) is 102 Å². The van der Waals surface area contributed by atoms with Gasteiger partial charge < -0.3 is 18.9 Å². The Morgan fingerprint density at radius 1 is 0.455 bits per heavy atom.